The van der Waals surface area contributed by atoms with Crippen LogP contribution in [0.5, 0.6) is 5.75 Å². The van der Waals surface area contributed by atoms with Gasteiger partial charge in [-0.15, -0.1) is 0 Å². The summed E-state index contributed by atoms with van der Waals surface area (Å²) in [5, 5.41) is 0. The SMILES string of the molecule is COc1cc(C(F)F)nc(Br)c1F. The number of hydrogen-bond donors (Lipinski definition) is 0. The number of alkyl halides is 2. The zero-order valence-electron chi connectivity index (χ0n) is 6.52. The third-order valence-corrected chi connectivity index (χ3v) is 1.87. The van der Waals surface area contributed by atoms with E-state index in [1.54, 1.807) is 0 Å². The molecule has 72 valence electrons. The van der Waals surface area contributed by atoms with Crippen molar-refractivity contribution in [3.05, 3.63) is 22.2 Å². The fraction of sp³-hybridized carbons (Fsp3) is 0.286. The summed E-state index contributed by atoms with van der Waals surface area (Å²) in [7, 11) is 1.19. The Morgan fingerprint density at radius 2 is 2.15 bits per heavy atom. The van der Waals surface area contributed by atoms with E-state index in [0.717, 1.165) is 6.07 Å². The van der Waals surface area contributed by atoms with Gasteiger partial charge in [0, 0.05) is 6.07 Å². The summed E-state index contributed by atoms with van der Waals surface area (Å²) < 4.78 is 41.5. The lowest BCUT2D eigenvalue weighted by atomic mass is 10.3. The summed E-state index contributed by atoms with van der Waals surface area (Å²) in [5.74, 6) is -1.04. The van der Waals surface area contributed by atoms with Crippen molar-refractivity contribution in [1.82, 2.24) is 4.98 Å². The second-order valence-corrected chi connectivity index (χ2v) is 2.91. The molecular formula is C7H5BrF3NO. The second kappa shape index (κ2) is 3.95. The van der Waals surface area contributed by atoms with Crippen LogP contribution in [0.4, 0.5) is 13.2 Å². The lowest BCUT2D eigenvalue weighted by Crippen LogP contribution is -1.97. The first kappa shape index (κ1) is 10.3. The average molecular weight is 256 g/mol. The molecule has 0 unspecified atom stereocenters. The van der Waals surface area contributed by atoms with Gasteiger partial charge in [-0.05, 0) is 15.9 Å². The number of halogens is 4. The van der Waals surface area contributed by atoms with Crippen molar-refractivity contribution in [3.63, 3.8) is 0 Å². The van der Waals surface area contributed by atoms with E-state index in [-0.39, 0.29) is 10.4 Å². The Bertz CT molecular complexity index is 319. The van der Waals surface area contributed by atoms with Gasteiger partial charge in [0.25, 0.3) is 6.43 Å². The highest BCUT2D eigenvalue weighted by Crippen LogP contribution is 2.28. The highest BCUT2D eigenvalue weighted by Gasteiger charge is 2.16. The Hall–Kier alpha value is -0.780. The molecule has 1 aromatic rings. The average Bonchev–Trinajstić information content (AvgIpc) is 2.09. The lowest BCUT2D eigenvalue weighted by Gasteiger charge is -2.05. The molecule has 1 rings (SSSR count). The monoisotopic (exact) mass is 255 g/mol. The number of hydrogen-bond acceptors (Lipinski definition) is 2. The summed E-state index contributed by atoms with van der Waals surface area (Å²) in [6.07, 6.45) is -2.74. The van der Waals surface area contributed by atoms with Crippen molar-refractivity contribution < 1.29 is 17.9 Å². The van der Waals surface area contributed by atoms with Crippen LogP contribution in [0.25, 0.3) is 0 Å². The van der Waals surface area contributed by atoms with Crippen LogP contribution in [-0.2, 0) is 0 Å². The van der Waals surface area contributed by atoms with Crippen LogP contribution in [0.2, 0.25) is 0 Å². The van der Waals surface area contributed by atoms with Gasteiger partial charge in [0.05, 0.1) is 7.11 Å². The summed E-state index contributed by atoms with van der Waals surface area (Å²) in [6, 6.07) is 0.866. The Kier molecular flexibility index (Phi) is 3.13. The van der Waals surface area contributed by atoms with Gasteiger partial charge in [-0.3, -0.25) is 0 Å². The van der Waals surface area contributed by atoms with Crippen LogP contribution >= 0.6 is 15.9 Å². The summed E-state index contributed by atoms with van der Waals surface area (Å²) in [5.41, 5.74) is -0.523. The van der Waals surface area contributed by atoms with Crippen LogP contribution in [0.3, 0.4) is 0 Å². The summed E-state index contributed by atoms with van der Waals surface area (Å²) in [6.45, 7) is 0. The molecule has 0 aromatic carbocycles. The first-order valence-electron chi connectivity index (χ1n) is 3.24. The fourth-order valence-electron chi connectivity index (χ4n) is 0.754. The lowest BCUT2D eigenvalue weighted by molar-refractivity contribution is 0.145. The minimum absolute atomic E-state index is 0.253. The third kappa shape index (κ3) is 2.12. The van der Waals surface area contributed by atoms with Crippen LogP contribution in [0.1, 0.15) is 12.1 Å². The van der Waals surface area contributed by atoms with Crippen molar-refractivity contribution in [2.24, 2.45) is 0 Å². The molecule has 0 atom stereocenters. The fourth-order valence-corrected chi connectivity index (χ4v) is 1.15. The molecular weight excluding hydrogens is 251 g/mol. The molecule has 0 spiro atoms. The topological polar surface area (TPSA) is 22.1 Å². The second-order valence-electron chi connectivity index (χ2n) is 2.15. The smallest absolute Gasteiger partial charge is 0.280 e. The van der Waals surface area contributed by atoms with Crippen LogP contribution in [0, 0.1) is 5.82 Å². The normalized spacial score (nSPS) is 10.6. The molecule has 6 heteroatoms. The van der Waals surface area contributed by atoms with E-state index < -0.39 is 17.9 Å². The maximum atomic E-state index is 13.0. The highest BCUT2D eigenvalue weighted by atomic mass is 79.9. The van der Waals surface area contributed by atoms with Gasteiger partial charge in [-0.2, -0.15) is 4.39 Å². The van der Waals surface area contributed by atoms with E-state index in [1.807, 2.05) is 0 Å². The number of aromatic nitrogens is 1. The third-order valence-electron chi connectivity index (χ3n) is 1.35. The summed E-state index contributed by atoms with van der Waals surface area (Å²) in [4.78, 5) is 3.29. The molecule has 13 heavy (non-hydrogen) atoms. The molecule has 2 nitrogen and oxygen atoms in total. The molecule has 0 amide bonds. The Morgan fingerprint density at radius 1 is 1.54 bits per heavy atom. The molecule has 0 aliphatic heterocycles. The zero-order chi connectivity index (χ0) is 10.0. The van der Waals surface area contributed by atoms with Crippen molar-refractivity contribution in [2.75, 3.05) is 7.11 Å². The van der Waals surface area contributed by atoms with E-state index >= 15 is 0 Å². The quantitative estimate of drug-likeness (QED) is 0.759. The molecule has 0 radical (unpaired) electrons. The Morgan fingerprint density at radius 3 is 2.62 bits per heavy atom. The highest BCUT2D eigenvalue weighted by molar-refractivity contribution is 9.10. The number of pyridine rings is 1. The Balaban J connectivity index is 3.22. The minimum Gasteiger partial charge on any atom is -0.494 e. The van der Waals surface area contributed by atoms with E-state index in [4.69, 9.17) is 0 Å². The number of ether oxygens (including phenoxy) is 1. The van der Waals surface area contributed by atoms with E-state index in [0.29, 0.717) is 0 Å². The number of nitrogens with zero attached hydrogens (tertiary/aromatic N) is 1. The van der Waals surface area contributed by atoms with E-state index in [9.17, 15) is 13.2 Å². The predicted octanol–water partition coefficient (Wildman–Crippen LogP) is 2.93. The molecule has 0 saturated carbocycles. The van der Waals surface area contributed by atoms with Gasteiger partial charge in [0.2, 0.25) is 0 Å². The molecule has 1 heterocycles. The summed E-state index contributed by atoms with van der Waals surface area (Å²) >= 11 is 2.71. The maximum Gasteiger partial charge on any atom is 0.280 e. The molecule has 0 aliphatic rings. The zero-order valence-corrected chi connectivity index (χ0v) is 8.11. The Labute approximate surface area is 80.9 Å². The van der Waals surface area contributed by atoms with Crippen LogP contribution in [-0.4, -0.2) is 12.1 Å². The molecule has 0 aliphatic carbocycles. The van der Waals surface area contributed by atoms with Gasteiger partial charge in [0.1, 0.15) is 10.3 Å². The van der Waals surface area contributed by atoms with E-state index in [1.165, 1.54) is 7.11 Å². The molecule has 0 fully saturated rings. The molecule has 0 saturated heterocycles. The number of rotatable bonds is 2. The molecule has 1 aromatic heterocycles. The van der Waals surface area contributed by atoms with Crippen LogP contribution < -0.4 is 4.74 Å². The van der Waals surface area contributed by atoms with Gasteiger partial charge in [0.15, 0.2) is 11.6 Å². The van der Waals surface area contributed by atoms with Crippen molar-refractivity contribution in [1.29, 1.82) is 0 Å². The first-order valence-corrected chi connectivity index (χ1v) is 4.03. The van der Waals surface area contributed by atoms with Crippen molar-refractivity contribution in [3.8, 4) is 5.75 Å². The largest absolute Gasteiger partial charge is 0.494 e. The van der Waals surface area contributed by atoms with E-state index in [2.05, 4.69) is 25.7 Å². The number of methoxy groups -OCH3 is 1. The minimum atomic E-state index is -2.74. The molecule has 0 N–H and O–H groups in total. The van der Waals surface area contributed by atoms with Crippen molar-refractivity contribution in [2.45, 2.75) is 6.43 Å². The van der Waals surface area contributed by atoms with Gasteiger partial charge < -0.3 is 4.74 Å². The molecule has 0 bridgehead atoms. The standard InChI is InChI=1S/C7H5BrF3NO/c1-13-4-2-3(7(10)11)12-6(8)5(4)9/h2,7H,1H3. The first-order chi connectivity index (χ1) is 6.06. The predicted molar refractivity (Wildman–Crippen MR) is 43.4 cm³/mol. The van der Waals surface area contributed by atoms with Crippen molar-refractivity contribution >= 4 is 15.9 Å². The van der Waals surface area contributed by atoms with Crippen LogP contribution in [0.15, 0.2) is 10.7 Å². The van der Waals surface area contributed by atoms with Gasteiger partial charge >= 0.3 is 0 Å². The van der Waals surface area contributed by atoms with Gasteiger partial charge in [-0.1, -0.05) is 0 Å². The van der Waals surface area contributed by atoms with Gasteiger partial charge in [-0.25, -0.2) is 13.8 Å². The maximum absolute atomic E-state index is 13.0.